The van der Waals surface area contributed by atoms with Crippen LogP contribution in [0.15, 0.2) is 16.6 Å². The molecule has 0 atom stereocenters. The fourth-order valence-corrected chi connectivity index (χ4v) is 1.64. The third-order valence-electron chi connectivity index (χ3n) is 2.80. The van der Waals surface area contributed by atoms with Crippen molar-refractivity contribution in [3.63, 3.8) is 0 Å². The summed E-state index contributed by atoms with van der Waals surface area (Å²) in [4.78, 5) is 4.29. The van der Waals surface area contributed by atoms with Crippen molar-refractivity contribution in [2.24, 2.45) is 16.6 Å². The van der Waals surface area contributed by atoms with Crippen molar-refractivity contribution in [3.8, 4) is 0 Å². The monoisotopic (exact) mass is 239 g/mol. The molecular formula is C13H25N3O. The number of hydrogen-bond donors (Lipinski definition) is 2. The molecule has 3 N–H and O–H groups in total. The standard InChI is InChI=1S/C13H25N3O/c1-11(2)3-7-15-13(14)16-8-4-12-5-9-17-10-6-12/h5,11H,3-4,6-10H2,1-2H3,(H3,14,15,16). The molecule has 0 unspecified atom stereocenters. The zero-order valence-corrected chi connectivity index (χ0v) is 11.0. The molecule has 1 heterocycles. The fraction of sp³-hybridized carbons (Fsp3) is 0.769. The van der Waals surface area contributed by atoms with Crippen molar-refractivity contribution >= 4 is 5.96 Å². The maximum atomic E-state index is 5.77. The molecule has 0 saturated carbocycles. The Morgan fingerprint density at radius 1 is 1.59 bits per heavy atom. The average molecular weight is 239 g/mol. The Kier molecular flexibility index (Phi) is 6.70. The highest BCUT2D eigenvalue weighted by atomic mass is 16.5. The van der Waals surface area contributed by atoms with E-state index in [9.17, 15) is 0 Å². The molecule has 98 valence electrons. The van der Waals surface area contributed by atoms with Crippen LogP contribution in [0.5, 0.6) is 0 Å². The maximum Gasteiger partial charge on any atom is 0.188 e. The van der Waals surface area contributed by atoms with Crippen LogP contribution in [0.4, 0.5) is 0 Å². The van der Waals surface area contributed by atoms with E-state index in [1.54, 1.807) is 0 Å². The minimum atomic E-state index is 0.568. The zero-order valence-electron chi connectivity index (χ0n) is 11.0. The van der Waals surface area contributed by atoms with Crippen LogP contribution < -0.4 is 11.1 Å². The molecule has 4 nitrogen and oxygen atoms in total. The topological polar surface area (TPSA) is 59.6 Å². The summed E-state index contributed by atoms with van der Waals surface area (Å²) >= 11 is 0. The van der Waals surface area contributed by atoms with Gasteiger partial charge in [0.05, 0.1) is 13.2 Å². The van der Waals surface area contributed by atoms with Gasteiger partial charge in [-0.25, -0.2) is 0 Å². The van der Waals surface area contributed by atoms with Crippen molar-refractivity contribution in [2.75, 3.05) is 26.3 Å². The summed E-state index contributed by atoms with van der Waals surface area (Å²) in [5.41, 5.74) is 7.23. The van der Waals surface area contributed by atoms with E-state index in [1.807, 2.05) is 0 Å². The van der Waals surface area contributed by atoms with Gasteiger partial charge in [-0.2, -0.15) is 0 Å². The van der Waals surface area contributed by atoms with Crippen LogP contribution in [-0.4, -0.2) is 32.3 Å². The summed E-state index contributed by atoms with van der Waals surface area (Å²) in [6.07, 6.45) is 5.33. The lowest BCUT2D eigenvalue weighted by Crippen LogP contribution is -2.33. The Hall–Kier alpha value is -1.03. The van der Waals surface area contributed by atoms with E-state index < -0.39 is 0 Å². The molecule has 1 rings (SSSR count). The lowest BCUT2D eigenvalue weighted by atomic mass is 10.1. The maximum absolute atomic E-state index is 5.77. The summed E-state index contributed by atoms with van der Waals surface area (Å²) in [6, 6.07) is 0. The van der Waals surface area contributed by atoms with Gasteiger partial charge in [-0.3, -0.25) is 4.99 Å². The van der Waals surface area contributed by atoms with Crippen LogP contribution >= 0.6 is 0 Å². The Labute approximate surface area is 104 Å². The van der Waals surface area contributed by atoms with E-state index in [0.29, 0.717) is 11.9 Å². The molecule has 4 heteroatoms. The molecule has 0 radical (unpaired) electrons. The normalized spacial score (nSPS) is 17.1. The fourth-order valence-electron chi connectivity index (χ4n) is 1.64. The van der Waals surface area contributed by atoms with E-state index in [2.05, 4.69) is 30.2 Å². The smallest absolute Gasteiger partial charge is 0.188 e. The molecule has 0 aromatic heterocycles. The first kappa shape index (κ1) is 14.0. The lowest BCUT2D eigenvalue weighted by molar-refractivity contribution is 0.153. The number of nitrogens with two attached hydrogens (primary N) is 1. The summed E-state index contributed by atoms with van der Waals surface area (Å²) in [6.45, 7) is 7.67. The Balaban J connectivity index is 2.10. The Morgan fingerprint density at radius 3 is 3.06 bits per heavy atom. The lowest BCUT2D eigenvalue weighted by Gasteiger charge is -2.13. The highest BCUT2D eigenvalue weighted by Gasteiger charge is 2.03. The van der Waals surface area contributed by atoms with Gasteiger partial charge in [-0.1, -0.05) is 25.5 Å². The minimum Gasteiger partial charge on any atom is -0.377 e. The van der Waals surface area contributed by atoms with E-state index in [1.165, 1.54) is 5.57 Å². The third kappa shape index (κ3) is 7.00. The van der Waals surface area contributed by atoms with E-state index in [4.69, 9.17) is 10.5 Å². The van der Waals surface area contributed by atoms with Crippen molar-refractivity contribution < 1.29 is 4.74 Å². The molecule has 17 heavy (non-hydrogen) atoms. The van der Waals surface area contributed by atoms with Crippen LogP contribution in [0.25, 0.3) is 0 Å². The molecule has 0 bridgehead atoms. The molecule has 0 fully saturated rings. The molecule has 1 aliphatic rings. The van der Waals surface area contributed by atoms with Gasteiger partial charge >= 0.3 is 0 Å². The number of nitrogens with one attached hydrogen (secondary N) is 1. The number of guanidine groups is 1. The summed E-state index contributed by atoms with van der Waals surface area (Å²) in [7, 11) is 0. The second kappa shape index (κ2) is 8.12. The van der Waals surface area contributed by atoms with E-state index in [0.717, 1.165) is 45.6 Å². The second-order valence-corrected chi connectivity index (χ2v) is 4.81. The first-order chi connectivity index (χ1) is 8.18. The molecule has 0 aromatic rings. The van der Waals surface area contributed by atoms with Crippen molar-refractivity contribution in [1.29, 1.82) is 0 Å². The van der Waals surface area contributed by atoms with Crippen LogP contribution in [0.1, 0.15) is 33.1 Å². The molecule has 0 amide bonds. The first-order valence-electron chi connectivity index (χ1n) is 6.48. The average Bonchev–Trinajstić information content (AvgIpc) is 2.30. The van der Waals surface area contributed by atoms with Gasteiger partial charge < -0.3 is 15.8 Å². The Morgan fingerprint density at radius 2 is 2.41 bits per heavy atom. The second-order valence-electron chi connectivity index (χ2n) is 4.81. The van der Waals surface area contributed by atoms with E-state index >= 15 is 0 Å². The molecule has 0 aliphatic carbocycles. The molecule has 1 aliphatic heterocycles. The highest BCUT2D eigenvalue weighted by Crippen LogP contribution is 2.10. The largest absolute Gasteiger partial charge is 0.377 e. The van der Waals surface area contributed by atoms with E-state index in [-0.39, 0.29) is 0 Å². The minimum absolute atomic E-state index is 0.568. The van der Waals surface area contributed by atoms with Gasteiger partial charge in [0, 0.05) is 13.1 Å². The third-order valence-corrected chi connectivity index (χ3v) is 2.80. The number of nitrogens with zero attached hydrogens (tertiary/aromatic N) is 1. The Bertz CT molecular complexity index is 272. The van der Waals surface area contributed by atoms with Crippen LogP contribution in [0, 0.1) is 5.92 Å². The summed E-state index contributed by atoms with van der Waals surface area (Å²) in [5, 5.41) is 3.15. The van der Waals surface area contributed by atoms with Crippen molar-refractivity contribution in [2.45, 2.75) is 33.1 Å². The number of hydrogen-bond acceptors (Lipinski definition) is 2. The summed E-state index contributed by atoms with van der Waals surface area (Å²) in [5.74, 6) is 1.25. The van der Waals surface area contributed by atoms with Crippen molar-refractivity contribution in [3.05, 3.63) is 11.6 Å². The molecule has 0 saturated heterocycles. The van der Waals surface area contributed by atoms with Gasteiger partial charge in [-0.05, 0) is 25.2 Å². The van der Waals surface area contributed by atoms with Gasteiger partial charge in [0.1, 0.15) is 0 Å². The molecular weight excluding hydrogens is 214 g/mol. The number of ether oxygens (including phenoxy) is 1. The van der Waals surface area contributed by atoms with Crippen molar-refractivity contribution in [1.82, 2.24) is 5.32 Å². The zero-order chi connectivity index (χ0) is 12.5. The number of rotatable bonds is 6. The predicted octanol–water partition coefficient (Wildman–Crippen LogP) is 1.67. The predicted molar refractivity (Wildman–Crippen MR) is 72.1 cm³/mol. The van der Waals surface area contributed by atoms with Gasteiger partial charge in [0.2, 0.25) is 0 Å². The number of aliphatic imine (C=N–C) groups is 1. The molecule has 0 spiro atoms. The summed E-state index contributed by atoms with van der Waals surface area (Å²) < 4.78 is 5.26. The highest BCUT2D eigenvalue weighted by molar-refractivity contribution is 5.77. The van der Waals surface area contributed by atoms with Gasteiger partial charge in [0.15, 0.2) is 5.96 Å². The van der Waals surface area contributed by atoms with Crippen LogP contribution in [-0.2, 0) is 4.74 Å². The van der Waals surface area contributed by atoms with Gasteiger partial charge in [-0.15, -0.1) is 0 Å². The quantitative estimate of drug-likeness (QED) is 0.421. The SMILES string of the molecule is CC(C)CCN=C(N)NCCC1=CCOCC1. The van der Waals surface area contributed by atoms with Gasteiger partial charge in [0.25, 0.3) is 0 Å². The van der Waals surface area contributed by atoms with Crippen LogP contribution in [0.2, 0.25) is 0 Å². The van der Waals surface area contributed by atoms with Crippen LogP contribution in [0.3, 0.4) is 0 Å². The molecule has 0 aromatic carbocycles. The first-order valence-corrected chi connectivity index (χ1v) is 6.48.